The van der Waals surface area contributed by atoms with Crippen LogP contribution in [0, 0.1) is 0 Å². The van der Waals surface area contributed by atoms with Crippen LogP contribution in [-0.4, -0.2) is 15.7 Å². The van der Waals surface area contributed by atoms with Crippen molar-refractivity contribution in [3.05, 3.63) is 46.8 Å². The van der Waals surface area contributed by atoms with Crippen molar-refractivity contribution < 1.29 is 0 Å². The predicted molar refractivity (Wildman–Crippen MR) is 117 cm³/mol. The molecule has 0 spiro atoms. The second-order valence-electron chi connectivity index (χ2n) is 6.31. The van der Waals surface area contributed by atoms with Crippen molar-refractivity contribution in [2.75, 3.05) is 5.32 Å². The summed E-state index contributed by atoms with van der Waals surface area (Å²) in [6.45, 7) is 9.18. The maximum Gasteiger partial charge on any atom is 0.193 e. The molecule has 0 aliphatic carbocycles. The van der Waals surface area contributed by atoms with E-state index < -0.39 is 0 Å². The summed E-state index contributed by atoms with van der Waals surface area (Å²) in [7, 11) is 1.99. The van der Waals surface area contributed by atoms with Gasteiger partial charge in [-0.3, -0.25) is 4.68 Å². The van der Waals surface area contributed by atoms with Crippen LogP contribution >= 0.6 is 24.0 Å². The standard InChI is InChI=1S/C19H29N5.HI/c1-6-17-16(18(7-2)24(5)23-17)12-21-19(20)22-15-10-8-9-14(11-15)13(3)4;/h8-11,13H,6-7,12H2,1-5H3,(H3,20,21,22);1H. The van der Waals surface area contributed by atoms with Gasteiger partial charge >= 0.3 is 0 Å². The molecule has 0 saturated heterocycles. The van der Waals surface area contributed by atoms with E-state index in [4.69, 9.17) is 5.73 Å². The fourth-order valence-electron chi connectivity index (χ4n) is 2.90. The fraction of sp³-hybridized carbons (Fsp3) is 0.474. The first-order chi connectivity index (χ1) is 11.5. The van der Waals surface area contributed by atoms with Gasteiger partial charge in [0.05, 0.1) is 12.2 Å². The number of rotatable bonds is 6. The number of hydrogen-bond donors (Lipinski definition) is 2. The van der Waals surface area contributed by atoms with Crippen LogP contribution in [-0.2, 0) is 26.4 Å². The minimum absolute atomic E-state index is 0. The van der Waals surface area contributed by atoms with Gasteiger partial charge in [0, 0.05) is 24.0 Å². The molecule has 1 heterocycles. The number of benzene rings is 1. The molecule has 5 nitrogen and oxygen atoms in total. The molecule has 2 aromatic rings. The predicted octanol–water partition coefficient (Wildman–Crippen LogP) is 4.21. The van der Waals surface area contributed by atoms with Crippen molar-refractivity contribution >= 4 is 35.6 Å². The number of anilines is 1. The summed E-state index contributed by atoms with van der Waals surface area (Å²) < 4.78 is 1.96. The molecule has 138 valence electrons. The highest BCUT2D eigenvalue weighted by Gasteiger charge is 2.13. The number of aliphatic imine (C=N–C) groups is 1. The van der Waals surface area contributed by atoms with Gasteiger partial charge in [-0.1, -0.05) is 39.8 Å². The Morgan fingerprint density at radius 3 is 2.60 bits per heavy atom. The molecule has 1 aromatic heterocycles. The monoisotopic (exact) mass is 455 g/mol. The first-order valence-electron chi connectivity index (χ1n) is 8.66. The average Bonchev–Trinajstić information content (AvgIpc) is 2.87. The zero-order valence-electron chi connectivity index (χ0n) is 15.8. The summed E-state index contributed by atoms with van der Waals surface area (Å²) in [5.41, 5.74) is 11.9. The number of halogens is 1. The number of aromatic nitrogens is 2. The Morgan fingerprint density at radius 2 is 2.00 bits per heavy atom. The lowest BCUT2D eigenvalue weighted by molar-refractivity contribution is 0.703. The molecule has 2 rings (SSSR count). The van der Waals surface area contributed by atoms with E-state index in [2.05, 4.69) is 55.2 Å². The van der Waals surface area contributed by atoms with E-state index in [1.54, 1.807) is 0 Å². The maximum atomic E-state index is 6.08. The largest absolute Gasteiger partial charge is 0.370 e. The van der Waals surface area contributed by atoms with Crippen molar-refractivity contribution in [2.24, 2.45) is 17.8 Å². The number of hydrogen-bond acceptors (Lipinski definition) is 2. The number of aryl methyl sites for hydroxylation is 2. The highest BCUT2D eigenvalue weighted by Crippen LogP contribution is 2.19. The third-order valence-corrected chi connectivity index (χ3v) is 4.26. The van der Waals surface area contributed by atoms with Gasteiger partial charge in [-0.2, -0.15) is 5.10 Å². The fourth-order valence-corrected chi connectivity index (χ4v) is 2.90. The third-order valence-electron chi connectivity index (χ3n) is 4.26. The molecule has 0 amide bonds. The van der Waals surface area contributed by atoms with Crippen molar-refractivity contribution in [3.63, 3.8) is 0 Å². The lowest BCUT2D eigenvalue weighted by Gasteiger charge is -2.10. The van der Waals surface area contributed by atoms with Crippen LogP contribution < -0.4 is 11.1 Å². The smallest absolute Gasteiger partial charge is 0.193 e. The SMILES string of the molecule is CCc1nn(C)c(CC)c1CN=C(N)Nc1cccc(C(C)C)c1.I. The summed E-state index contributed by atoms with van der Waals surface area (Å²) in [6.07, 6.45) is 1.85. The van der Waals surface area contributed by atoms with Crippen LogP contribution in [0.15, 0.2) is 29.3 Å². The second kappa shape index (κ2) is 9.79. The molecule has 0 radical (unpaired) electrons. The number of nitrogens with two attached hydrogens (primary N) is 1. The summed E-state index contributed by atoms with van der Waals surface area (Å²) in [5, 5.41) is 7.77. The van der Waals surface area contributed by atoms with Crippen LogP contribution in [0.25, 0.3) is 0 Å². The number of guanidine groups is 1. The minimum atomic E-state index is 0. The first kappa shape index (κ1) is 21.5. The average molecular weight is 455 g/mol. The zero-order valence-corrected chi connectivity index (χ0v) is 18.2. The molecule has 0 fully saturated rings. The molecule has 0 unspecified atom stereocenters. The molecule has 6 heteroatoms. The van der Waals surface area contributed by atoms with Gasteiger partial charge < -0.3 is 11.1 Å². The van der Waals surface area contributed by atoms with Crippen LogP contribution in [0.2, 0.25) is 0 Å². The lowest BCUT2D eigenvalue weighted by Crippen LogP contribution is -2.22. The Balaban J connectivity index is 0.00000312. The van der Waals surface area contributed by atoms with Gasteiger partial charge in [0.15, 0.2) is 5.96 Å². The van der Waals surface area contributed by atoms with Gasteiger partial charge in [-0.15, -0.1) is 24.0 Å². The number of nitrogens with zero attached hydrogens (tertiary/aromatic N) is 3. The van der Waals surface area contributed by atoms with E-state index in [0.29, 0.717) is 18.4 Å². The van der Waals surface area contributed by atoms with Crippen molar-refractivity contribution in [1.29, 1.82) is 0 Å². The van der Waals surface area contributed by atoms with Crippen LogP contribution in [0.5, 0.6) is 0 Å². The summed E-state index contributed by atoms with van der Waals surface area (Å²) in [4.78, 5) is 4.52. The maximum absolute atomic E-state index is 6.08. The molecular weight excluding hydrogens is 425 g/mol. The van der Waals surface area contributed by atoms with Gasteiger partial charge in [0.2, 0.25) is 0 Å². The molecule has 0 atom stereocenters. The van der Waals surface area contributed by atoms with Crippen LogP contribution in [0.3, 0.4) is 0 Å². The molecule has 0 aliphatic heterocycles. The van der Waals surface area contributed by atoms with Crippen molar-refractivity contribution in [3.8, 4) is 0 Å². The summed E-state index contributed by atoms with van der Waals surface area (Å²) >= 11 is 0. The van der Waals surface area contributed by atoms with E-state index in [9.17, 15) is 0 Å². The molecule has 1 aromatic carbocycles. The second-order valence-corrected chi connectivity index (χ2v) is 6.31. The topological polar surface area (TPSA) is 68.2 Å². The Morgan fingerprint density at radius 1 is 1.28 bits per heavy atom. The molecule has 0 aliphatic rings. The minimum Gasteiger partial charge on any atom is -0.370 e. The first-order valence-corrected chi connectivity index (χ1v) is 8.66. The van der Waals surface area contributed by atoms with E-state index in [1.807, 2.05) is 23.9 Å². The molecule has 0 saturated carbocycles. The van der Waals surface area contributed by atoms with Gasteiger partial charge in [-0.25, -0.2) is 4.99 Å². The molecule has 0 bridgehead atoms. The Hall–Kier alpha value is -1.57. The van der Waals surface area contributed by atoms with Gasteiger partial charge in [0.1, 0.15) is 0 Å². The highest BCUT2D eigenvalue weighted by atomic mass is 127. The van der Waals surface area contributed by atoms with Gasteiger partial charge in [0.25, 0.3) is 0 Å². The number of nitrogens with one attached hydrogen (secondary N) is 1. The van der Waals surface area contributed by atoms with E-state index in [0.717, 1.165) is 24.2 Å². The molecular formula is C19H30IN5. The lowest BCUT2D eigenvalue weighted by atomic mass is 10.0. The Kier molecular flexibility index (Phi) is 8.41. The summed E-state index contributed by atoms with van der Waals surface area (Å²) in [6, 6.07) is 8.29. The Labute approximate surface area is 168 Å². The Bertz CT molecular complexity index is 719. The highest BCUT2D eigenvalue weighted by molar-refractivity contribution is 14.0. The van der Waals surface area contributed by atoms with E-state index in [-0.39, 0.29) is 24.0 Å². The molecule has 25 heavy (non-hydrogen) atoms. The molecule has 3 N–H and O–H groups in total. The quantitative estimate of drug-likeness (QED) is 0.390. The zero-order chi connectivity index (χ0) is 17.7. The van der Waals surface area contributed by atoms with Crippen molar-refractivity contribution in [1.82, 2.24) is 9.78 Å². The van der Waals surface area contributed by atoms with E-state index in [1.165, 1.54) is 16.8 Å². The van der Waals surface area contributed by atoms with Gasteiger partial charge in [-0.05, 0) is 36.5 Å². The van der Waals surface area contributed by atoms with Crippen molar-refractivity contribution in [2.45, 2.75) is 53.0 Å². The van der Waals surface area contributed by atoms with Crippen LogP contribution in [0.1, 0.15) is 56.1 Å². The third kappa shape index (κ3) is 5.45. The van der Waals surface area contributed by atoms with E-state index >= 15 is 0 Å². The normalized spacial score (nSPS) is 11.5. The summed E-state index contributed by atoms with van der Waals surface area (Å²) in [5.74, 6) is 0.920. The van der Waals surface area contributed by atoms with Crippen LogP contribution in [0.4, 0.5) is 5.69 Å².